The molecule has 2 nitrogen and oxygen atoms in total. The van der Waals surface area contributed by atoms with E-state index in [1.165, 1.54) is 50.3 Å². The van der Waals surface area contributed by atoms with Gasteiger partial charge in [-0.05, 0) is 63.6 Å². The van der Waals surface area contributed by atoms with Crippen LogP contribution < -0.4 is 0 Å². The van der Waals surface area contributed by atoms with E-state index in [9.17, 15) is 0 Å². The van der Waals surface area contributed by atoms with Crippen molar-refractivity contribution in [1.82, 2.24) is 9.88 Å². The molecule has 0 N–H and O–H groups in total. The van der Waals surface area contributed by atoms with Gasteiger partial charge in [0, 0.05) is 5.38 Å². The molecule has 2 rings (SSSR count). The SMILES string of the molecule is CC(C)C1CCN(CCCCc2nc(CCl)cs2)CC1. The quantitative estimate of drug-likeness (QED) is 0.541. The fourth-order valence-electron chi connectivity index (χ4n) is 2.98. The van der Waals surface area contributed by atoms with Crippen LogP contribution in [0.15, 0.2) is 5.38 Å². The highest BCUT2D eigenvalue weighted by atomic mass is 35.5. The molecule has 0 radical (unpaired) electrons. The number of thiazole rings is 1. The van der Waals surface area contributed by atoms with Crippen molar-refractivity contribution in [2.45, 2.75) is 51.8 Å². The highest BCUT2D eigenvalue weighted by molar-refractivity contribution is 7.09. The zero-order valence-corrected chi connectivity index (χ0v) is 14.3. The molecular formula is C16H27ClN2S. The lowest BCUT2D eigenvalue weighted by Gasteiger charge is -2.33. The summed E-state index contributed by atoms with van der Waals surface area (Å²) in [7, 11) is 0. The van der Waals surface area contributed by atoms with E-state index in [2.05, 4.69) is 29.1 Å². The number of aryl methyl sites for hydroxylation is 1. The van der Waals surface area contributed by atoms with Gasteiger partial charge in [-0.25, -0.2) is 4.98 Å². The predicted octanol–water partition coefficient (Wildman–Crippen LogP) is 4.57. The molecule has 0 amide bonds. The average Bonchev–Trinajstić information content (AvgIpc) is 2.92. The molecule has 0 bridgehead atoms. The molecular weight excluding hydrogens is 288 g/mol. The average molecular weight is 315 g/mol. The summed E-state index contributed by atoms with van der Waals surface area (Å²) in [6.45, 7) is 8.60. The van der Waals surface area contributed by atoms with E-state index in [-0.39, 0.29) is 0 Å². The summed E-state index contributed by atoms with van der Waals surface area (Å²) < 4.78 is 0. The van der Waals surface area contributed by atoms with Crippen LogP contribution in [-0.4, -0.2) is 29.5 Å². The van der Waals surface area contributed by atoms with Crippen LogP contribution in [0.4, 0.5) is 0 Å². The van der Waals surface area contributed by atoms with Gasteiger partial charge in [-0.2, -0.15) is 0 Å². The minimum atomic E-state index is 0.543. The van der Waals surface area contributed by atoms with Gasteiger partial charge >= 0.3 is 0 Å². The summed E-state index contributed by atoms with van der Waals surface area (Å²) in [5.74, 6) is 2.36. The van der Waals surface area contributed by atoms with Crippen molar-refractivity contribution in [3.63, 3.8) is 0 Å². The number of hydrogen-bond acceptors (Lipinski definition) is 3. The van der Waals surface area contributed by atoms with E-state index < -0.39 is 0 Å². The predicted molar refractivity (Wildman–Crippen MR) is 88.6 cm³/mol. The van der Waals surface area contributed by atoms with E-state index >= 15 is 0 Å². The van der Waals surface area contributed by atoms with Gasteiger partial charge < -0.3 is 4.90 Å². The van der Waals surface area contributed by atoms with Gasteiger partial charge in [0.25, 0.3) is 0 Å². The van der Waals surface area contributed by atoms with E-state index in [0.29, 0.717) is 5.88 Å². The molecule has 0 atom stereocenters. The molecule has 0 spiro atoms. The zero-order chi connectivity index (χ0) is 14.4. The highest BCUT2D eigenvalue weighted by Gasteiger charge is 2.20. The first-order valence-corrected chi connectivity index (χ1v) is 9.32. The van der Waals surface area contributed by atoms with Crippen LogP contribution in [0.3, 0.4) is 0 Å². The number of piperidine rings is 1. The zero-order valence-electron chi connectivity index (χ0n) is 12.8. The Morgan fingerprint density at radius 2 is 2.10 bits per heavy atom. The maximum absolute atomic E-state index is 5.77. The van der Waals surface area contributed by atoms with Crippen LogP contribution >= 0.6 is 22.9 Å². The molecule has 1 aliphatic rings. The Kier molecular flexibility index (Phi) is 6.79. The van der Waals surface area contributed by atoms with Crippen molar-refractivity contribution in [2.24, 2.45) is 11.8 Å². The number of nitrogens with zero attached hydrogens (tertiary/aromatic N) is 2. The van der Waals surface area contributed by atoms with Crippen LogP contribution in [-0.2, 0) is 12.3 Å². The summed E-state index contributed by atoms with van der Waals surface area (Å²) in [5, 5.41) is 3.33. The van der Waals surface area contributed by atoms with Crippen LogP contribution in [0.2, 0.25) is 0 Å². The maximum Gasteiger partial charge on any atom is 0.0928 e. The standard InChI is InChI=1S/C16H27ClN2S/c1-13(2)14-6-9-19(10-7-14)8-4-3-5-16-18-15(11-17)12-20-16/h12-14H,3-11H2,1-2H3. The molecule has 1 aromatic rings. The largest absolute Gasteiger partial charge is 0.303 e. The molecule has 0 aromatic carbocycles. The fraction of sp³-hybridized carbons (Fsp3) is 0.812. The third-order valence-corrected chi connectivity index (χ3v) is 5.66. The van der Waals surface area contributed by atoms with Crippen LogP contribution in [0.5, 0.6) is 0 Å². The van der Waals surface area contributed by atoms with Crippen LogP contribution in [0.25, 0.3) is 0 Å². The van der Waals surface area contributed by atoms with Crippen molar-refractivity contribution >= 4 is 22.9 Å². The fourth-order valence-corrected chi connectivity index (χ4v) is 4.05. The minimum Gasteiger partial charge on any atom is -0.303 e. The highest BCUT2D eigenvalue weighted by Crippen LogP contribution is 2.24. The van der Waals surface area contributed by atoms with Crippen molar-refractivity contribution in [3.05, 3.63) is 16.1 Å². The first kappa shape index (κ1) is 16.3. The molecule has 4 heteroatoms. The number of rotatable bonds is 7. The molecule has 20 heavy (non-hydrogen) atoms. The molecule has 0 aliphatic carbocycles. The van der Waals surface area contributed by atoms with Gasteiger partial charge in [-0.1, -0.05) is 13.8 Å². The minimum absolute atomic E-state index is 0.543. The lowest BCUT2D eigenvalue weighted by Crippen LogP contribution is -2.35. The normalized spacial score (nSPS) is 18.0. The Balaban J connectivity index is 1.57. The number of unbranched alkanes of at least 4 members (excludes halogenated alkanes) is 1. The first-order valence-electron chi connectivity index (χ1n) is 7.90. The number of halogens is 1. The first-order chi connectivity index (χ1) is 9.69. The lowest BCUT2D eigenvalue weighted by atomic mass is 9.87. The third-order valence-electron chi connectivity index (χ3n) is 4.43. The van der Waals surface area contributed by atoms with E-state index in [1.54, 1.807) is 11.3 Å². The second-order valence-electron chi connectivity index (χ2n) is 6.25. The topological polar surface area (TPSA) is 16.1 Å². The van der Waals surface area contributed by atoms with E-state index in [1.807, 2.05) is 0 Å². The molecule has 0 unspecified atom stereocenters. The molecule has 1 aromatic heterocycles. The van der Waals surface area contributed by atoms with E-state index in [0.717, 1.165) is 24.0 Å². The van der Waals surface area contributed by atoms with E-state index in [4.69, 9.17) is 11.6 Å². The monoisotopic (exact) mass is 314 g/mol. The number of alkyl halides is 1. The summed E-state index contributed by atoms with van der Waals surface area (Å²) >= 11 is 7.53. The van der Waals surface area contributed by atoms with Gasteiger partial charge in [-0.3, -0.25) is 0 Å². The van der Waals surface area contributed by atoms with Crippen molar-refractivity contribution < 1.29 is 0 Å². The van der Waals surface area contributed by atoms with Crippen LogP contribution in [0, 0.1) is 11.8 Å². The smallest absolute Gasteiger partial charge is 0.0928 e. The third kappa shape index (κ3) is 5.01. The van der Waals surface area contributed by atoms with Gasteiger partial charge in [0.2, 0.25) is 0 Å². The summed E-state index contributed by atoms with van der Waals surface area (Å²) in [6.07, 6.45) is 6.44. The number of hydrogen-bond donors (Lipinski definition) is 0. The molecule has 114 valence electrons. The van der Waals surface area contributed by atoms with Crippen molar-refractivity contribution in [3.8, 4) is 0 Å². The Morgan fingerprint density at radius 3 is 2.70 bits per heavy atom. The Hall–Kier alpha value is -0.120. The molecule has 2 heterocycles. The Morgan fingerprint density at radius 1 is 1.35 bits per heavy atom. The molecule has 1 saturated heterocycles. The Labute approximate surface area is 132 Å². The number of aromatic nitrogens is 1. The van der Waals surface area contributed by atoms with Crippen LogP contribution in [0.1, 0.15) is 50.2 Å². The summed E-state index contributed by atoms with van der Waals surface area (Å²) in [5.41, 5.74) is 1.03. The molecule has 1 aliphatic heterocycles. The van der Waals surface area contributed by atoms with Gasteiger partial charge in [0.05, 0.1) is 16.6 Å². The van der Waals surface area contributed by atoms with Crippen molar-refractivity contribution in [1.29, 1.82) is 0 Å². The van der Waals surface area contributed by atoms with Crippen molar-refractivity contribution in [2.75, 3.05) is 19.6 Å². The maximum atomic E-state index is 5.77. The van der Waals surface area contributed by atoms with Gasteiger partial charge in [-0.15, -0.1) is 22.9 Å². The second kappa shape index (κ2) is 8.35. The molecule has 1 fully saturated rings. The summed E-state index contributed by atoms with van der Waals surface area (Å²) in [4.78, 5) is 7.16. The lowest BCUT2D eigenvalue weighted by molar-refractivity contribution is 0.156. The van der Waals surface area contributed by atoms with Gasteiger partial charge in [0.15, 0.2) is 0 Å². The van der Waals surface area contributed by atoms with Gasteiger partial charge in [0.1, 0.15) is 0 Å². The molecule has 0 saturated carbocycles. The number of likely N-dealkylation sites (tertiary alicyclic amines) is 1. The Bertz CT molecular complexity index is 384. The second-order valence-corrected chi connectivity index (χ2v) is 7.46. The summed E-state index contributed by atoms with van der Waals surface area (Å²) in [6, 6.07) is 0.